The molecule has 0 radical (unpaired) electrons. The van der Waals surface area contributed by atoms with E-state index in [1.54, 1.807) is 18.0 Å². The molecule has 0 saturated heterocycles. The summed E-state index contributed by atoms with van der Waals surface area (Å²) in [5.74, 6) is 1.54. The smallest absolute Gasteiger partial charge is 0.236 e. The highest BCUT2D eigenvalue weighted by Crippen LogP contribution is 2.33. The molecule has 0 bridgehead atoms. The van der Waals surface area contributed by atoms with Gasteiger partial charge < -0.3 is 14.4 Å². The number of rotatable bonds is 2. The molecule has 2 rings (SSSR count). The summed E-state index contributed by atoms with van der Waals surface area (Å²) in [6.45, 7) is 1.11. The fourth-order valence-electron chi connectivity index (χ4n) is 1.49. The van der Waals surface area contributed by atoms with Gasteiger partial charge in [0.05, 0.1) is 5.75 Å². The third-order valence-electron chi connectivity index (χ3n) is 2.42. The highest BCUT2D eigenvalue weighted by atomic mass is 32.1. The van der Waals surface area contributed by atoms with Gasteiger partial charge in [-0.25, -0.2) is 0 Å². The molecule has 0 aliphatic carbocycles. The summed E-state index contributed by atoms with van der Waals surface area (Å²) in [5.41, 5.74) is 0.781. The maximum Gasteiger partial charge on any atom is 0.236 e. The van der Waals surface area contributed by atoms with Crippen molar-refractivity contribution in [1.82, 2.24) is 0 Å². The molecule has 4 nitrogen and oxygen atoms in total. The first-order chi connectivity index (χ1) is 7.72. The van der Waals surface area contributed by atoms with Crippen LogP contribution in [0.1, 0.15) is 0 Å². The molecule has 0 N–H and O–H groups in total. The van der Waals surface area contributed by atoms with E-state index in [0.717, 1.165) is 11.4 Å². The monoisotopic (exact) mass is 239 g/mol. The lowest BCUT2D eigenvalue weighted by atomic mass is 10.2. The van der Waals surface area contributed by atoms with E-state index in [1.807, 2.05) is 12.1 Å². The Bertz CT molecular complexity index is 408. The lowest BCUT2D eigenvalue weighted by molar-refractivity contribution is -0.115. The van der Waals surface area contributed by atoms with E-state index in [2.05, 4.69) is 12.6 Å². The van der Waals surface area contributed by atoms with Crippen molar-refractivity contribution in [3.8, 4) is 11.5 Å². The Kier molecular flexibility index (Phi) is 3.24. The summed E-state index contributed by atoms with van der Waals surface area (Å²) in [6, 6.07) is 5.44. The Hall–Kier alpha value is -1.36. The summed E-state index contributed by atoms with van der Waals surface area (Å²) >= 11 is 3.96. The van der Waals surface area contributed by atoms with Crippen molar-refractivity contribution in [3.63, 3.8) is 0 Å². The number of thiol groups is 1. The summed E-state index contributed by atoms with van der Waals surface area (Å²) in [4.78, 5) is 13.0. The first-order valence-electron chi connectivity index (χ1n) is 4.99. The van der Waals surface area contributed by atoms with Crippen molar-refractivity contribution < 1.29 is 14.3 Å². The molecule has 16 heavy (non-hydrogen) atoms. The molecule has 5 heteroatoms. The van der Waals surface area contributed by atoms with Crippen LogP contribution in [0.5, 0.6) is 11.5 Å². The first-order valence-corrected chi connectivity index (χ1v) is 5.62. The van der Waals surface area contributed by atoms with Crippen LogP contribution in [0.2, 0.25) is 0 Å². The molecule has 1 heterocycles. The van der Waals surface area contributed by atoms with Crippen molar-refractivity contribution in [2.24, 2.45) is 0 Å². The number of anilines is 1. The van der Waals surface area contributed by atoms with Crippen molar-refractivity contribution in [2.45, 2.75) is 0 Å². The Morgan fingerprint density at radius 2 is 2.06 bits per heavy atom. The van der Waals surface area contributed by atoms with E-state index >= 15 is 0 Å². The van der Waals surface area contributed by atoms with Gasteiger partial charge in [-0.3, -0.25) is 4.79 Å². The Labute approximate surface area is 99.6 Å². The number of hydrogen-bond acceptors (Lipinski definition) is 4. The molecule has 0 spiro atoms. The van der Waals surface area contributed by atoms with Crippen LogP contribution in [0, 0.1) is 0 Å². The molecule has 0 saturated carbocycles. The second-order valence-electron chi connectivity index (χ2n) is 3.44. The van der Waals surface area contributed by atoms with Gasteiger partial charge in [0.1, 0.15) is 13.2 Å². The molecule has 1 aromatic carbocycles. The normalized spacial score (nSPS) is 13.4. The molecule has 0 fully saturated rings. The molecule has 1 aliphatic heterocycles. The molecular weight excluding hydrogens is 226 g/mol. The summed E-state index contributed by atoms with van der Waals surface area (Å²) in [7, 11) is 1.71. The number of ether oxygens (including phenoxy) is 2. The van der Waals surface area contributed by atoms with Crippen LogP contribution < -0.4 is 14.4 Å². The zero-order chi connectivity index (χ0) is 11.5. The molecular formula is C11H13NO3S. The van der Waals surface area contributed by atoms with E-state index in [0.29, 0.717) is 19.0 Å². The zero-order valence-corrected chi connectivity index (χ0v) is 9.87. The summed E-state index contributed by atoms with van der Waals surface area (Å²) < 4.78 is 10.8. The van der Waals surface area contributed by atoms with E-state index in [9.17, 15) is 4.79 Å². The van der Waals surface area contributed by atoms with Crippen molar-refractivity contribution in [3.05, 3.63) is 18.2 Å². The van der Waals surface area contributed by atoms with Crippen molar-refractivity contribution in [2.75, 3.05) is 30.9 Å². The van der Waals surface area contributed by atoms with Gasteiger partial charge in [0.2, 0.25) is 5.91 Å². The zero-order valence-electron chi connectivity index (χ0n) is 8.97. The predicted molar refractivity (Wildman–Crippen MR) is 64.7 cm³/mol. The Morgan fingerprint density at radius 3 is 2.75 bits per heavy atom. The predicted octanol–water partition coefficient (Wildman–Crippen LogP) is 1.35. The molecule has 0 unspecified atom stereocenters. The van der Waals surface area contributed by atoms with Crippen LogP contribution in [0.25, 0.3) is 0 Å². The summed E-state index contributed by atoms with van der Waals surface area (Å²) in [6.07, 6.45) is 0. The number of carbonyl (C=O) groups is 1. The second kappa shape index (κ2) is 4.65. The van der Waals surface area contributed by atoms with E-state index in [4.69, 9.17) is 9.47 Å². The fraction of sp³-hybridized carbons (Fsp3) is 0.364. The molecule has 86 valence electrons. The van der Waals surface area contributed by atoms with Gasteiger partial charge >= 0.3 is 0 Å². The molecule has 1 aliphatic rings. The quantitative estimate of drug-likeness (QED) is 0.792. The molecule has 0 aromatic heterocycles. The maximum atomic E-state index is 11.5. The van der Waals surface area contributed by atoms with Gasteiger partial charge in [0.15, 0.2) is 11.5 Å². The van der Waals surface area contributed by atoms with Crippen LogP contribution in [0.4, 0.5) is 5.69 Å². The van der Waals surface area contributed by atoms with Gasteiger partial charge in [0.25, 0.3) is 0 Å². The van der Waals surface area contributed by atoms with Gasteiger partial charge in [-0.05, 0) is 12.1 Å². The van der Waals surface area contributed by atoms with E-state index < -0.39 is 0 Å². The third-order valence-corrected chi connectivity index (χ3v) is 2.69. The minimum Gasteiger partial charge on any atom is -0.486 e. The largest absolute Gasteiger partial charge is 0.486 e. The molecule has 1 amide bonds. The van der Waals surface area contributed by atoms with E-state index in [-0.39, 0.29) is 11.7 Å². The van der Waals surface area contributed by atoms with E-state index in [1.165, 1.54) is 0 Å². The van der Waals surface area contributed by atoms with Crippen LogP contribution in [-0.2, 0) is 4.79 Å². The van der Waals surface area contributed by atoms with Crippen LogP contribution >= 0.6 is 12.6 Å². The van der Waals surface area contributed by atoms with Crippen LogP contribution in [0.3, 0.4) is 0 Å². The lowest BCUT2D eigenvalue weighted by Gasteiger charge is -2.22. The van der Waals surface area contributed by atoms with Crippen molar-refractivity contribution >= 4 is 24.2 Å². The third kappa shape index (κ3) is 2.09. The number of hydrogen-bond donors (Lipinski definition) is 1. The minimum absolute atomic E-state index is 0.0555. The number of nitrogens with zero attached hydrogens (tertiary/aromatic N) is 1. The first kappa shape index (κ1) is 11.1. The van der Waals surface area contributed by atoms with Gasteiger partial charge in [-0.1, -0.05) is 0 Å². The average Bonchev–Trinajstić information content (AvgIpc) is 2.36. The standard InChI is InChI=1S/C11H13NO3S/c1-12(11(13)7-16)8-2-3-9-10(6-8)15-5-4-14-9/h2-3,6,16H,4-5,7H2,1H3. The average molecular weight is 239 g/mol. The Balaban J connectivity index is 2.26. The number of benzene rings is 1. The summed E-state index contributed by atoms with van der Waals surface area (Å²) in [5, 5.41) is 0. The second-order valence-corrected chi connectivity index (χ2v) is 3.76. The highest BCUT2D eigenvalue weighted by Gasteiger charge is 2.15. The fourth-order valence-corrected chi connectivity index (χ4v) is 1.70. The lowest BCUT2D eigenvalue weighted by Crippen LogP contribution is -2.27. The highest BCUT2D eigenvalue weighted by molar-refractivity contribution is 7.81. The minimum atomic E-state index is -0.0555. The number of carbonyl (C=O) groups excluding carboxylic acids is 1. The van der Waals surface area contributed by atoms with Crippen LogP contribution in [0.15, 0.2) is 18.2 Å². The van der Waals surface area contributed by atoms with Gasteiger partial charge in [-0.15, -0.1) is 0 Å². The molecule has 0 atom stereocenters. The van der Waals surface area contributed by atoms with Crippen molar-refractivity contribution in [1.29, 1.82) is 0 Å². The van der Waals surface area contributed by atoms with Crippen LogP contribution in [-0.4, -0.2) is 31.9 Å². The topological polar surface area (TPSA) is 38.8 Å². The Morgan fingerprint density at radius 1 is 1.38 bits per heavy atom. The molecule has 1 aromatic rings. The van der Waals surface area contributed by atoms with Gasteiger partial charge in [0, 0.05) is 18.8 Å². The number of fused-ring (bicyclic) bond motifs is 1. The maximum absolute atomic E-state index is 11.5. The van der Waals surface area contributed by atoms with Gasteiger partial charge in [-0.2, -0.15) is 12.6 Å². The number of amides is 1. The SMILES string of the molecule is CN(C(=O)CS)c1ccc2c(c1)OCCO2.